The lowest BCUT2D eigenvalue weighted by Gasteiger charge is -2.31. The molecule has 0 bridgehead atoms. The molecule has 0 fully saturated rings. The largest absolute Gasteiger partial charge is 0.451 e. The van der Waals surface area contributed by atoms with Crippen LogP contribution in [0.5, 0.6) is 0 Å². The zero-order valence-electron chi connectivity index (χ0n) is 11.4. The van der Waals surface area contributed by atoms with Gasteiger partial charge in [0, 0.05) is 18.7 Å². The number of aliphatic hydroxyl groups is 1. The third kappa shape index (κ3) is 4.79. The summed E-state index contributed by atoms with van der Waals surface area (Å²) >= 11 is 5.59. The van der Waals surface area contributed by atoms with E-state index in [2.05, 4.69) is 15.3 Å². The number of halogens is 4. The lowest BCUT2D eigenvalue weighted by molar-refractivity contribution is -0.144. The van der Waals surface area contributed by atoms with Gasteiger partial charge in [-0.15, -0.1) is 0 Å². The van der Waals surface area contributed by atoms with Crippen molar-refractivity contribution in [2.75, 3.05) is 11.9 Å². The quantitative estimate of drug-likeness (QED) is 0.837. The Morgan fingerprint density at radius 2 is 1.90 bits per heavy atom. The number of aromatic nitrogens is 2. The molecular formula is C12H17ClF3N3O. The molecule has 0 saturated heterocycles. The highest BCUT2D eigenvalue weighted by atomic mass is 35.5. The average molecular weight is 312 g/mol. The Bertz CT molecular complexity index is 460. The van der Waals surface area contributed by atoms with Gasteiger partial charge in [-0.05, 0) is 11.8 Å². The summed E-state index contributed by atoms with van der Waals surface area (Å²) in [6.07, 6.45) is -4.28. The van der Waals surface area contributed by atoms with Crippen molar-refractivity contribution in [2.45, 2.75) is 39.4 Å². The van der Waals surface area contributed by atoms with Crippen LogP contribution in [0.3, 0.4) is 0 Å². The first kappa shape index (κ1) is 17.0. The fourth-order valence-electron chi connectivity index (χ4n) is 1.65. The lowest BCUT2D eigenvalue weighted by atomic mass is 9.85. The minimum absolute atomic E-state index is 0.00861. The second-order valence-electron chi connectivity index (χ2n) is 5.47. The molecule has 1 unspecified atom stereocenters. The smallest absolute Gasteiger partial charge is 0.396 e. The molecule has 2 N–H and O–H groups in total. The highest BCUT2D eigenvalue weighted by molar-refractivity contribution is 6.29. The first-order valence-corrected chi connectivity index (χ1v) is 6.41. The number of aliphatic hydroxyl groups excluding tert-OH is 1. The maximum atomic E-state index is 12.6. The van der Waals surface area contributed by atoms with Crippen molar-refractivity contribution in [1.29, 1.82) is 0 Å². The van der Waals surface area contributed by atoms with Crippen molar-refractivity contribution in [3.63, 3.8) is 0 Å². The molecule has 0 saturated carbocycles. The molecule has 0 aliphatic rings. The van der Waals surface area contributed by atoms with Crippen molar-refractivity contribution in [3.8, 4) is 0 Å². The molecule has 0 aliphatic heterocycles. The number of nitrogens with one attached hydrogen (secondary N) is 1. The van der Waals surface area contributed by atoms with E-state index in [0.717, 1.165) is 0 Å². The predicted octanol–water partition coefficient (Wildman–Crippen LogP) is 3.36. The van der Waals surface area contributed by atoms with Crippen molar-refractivity contribution in [1.82, 2.24) is 9.97 Å². The Hall–Kier alpha value is -1.08. The summed E-state index contributed by atoms with van der Waals surface area (Å²) in [4.78, 5) is 6.59. The summed E-state index contributed by atoms with van der Waals surface area (Å²) in [7, 11) is 0. The number of rotatable bonds is 4. The molecule has 1 aromatic rings. The Balaban J connectivity index is 3.04. The molecule has 1 heterocycles. The van der Waals surface area contributed by atoms with Crippen LogP contribution in [-0.4, -0.2) is 27.7 Å². The van der Waals surface area contributed by atoms with Crippen molar-refractivity contribution < 1.29 is 18.3 Å². The molecule has 4 nitrogen and oxygen atoms in total. The molecule has 0 aromatic carbocycles. The van der Waals surface area contributed by atoms with Gasteiger partial charge in [-0.1, -0.05) is 32.4 Å². The number of hydrogen-bond acceptors (Lipinski definition) is 4. The van der Waals surface area contributed by atoms with Crippen LogP contribution in [0, 0.1) is 5.41 Å². The van der Waals surface area contributed by atoms with Crippen LogP contribution in [-0.2, 0) is 6.18 Å². The first-order valence-electron chi connectivity index (χ1n) is 6.03. The van der Waals surface area contributed by atoms with Gasteiger partial charge < -0.3 is 10.4 Å². The summed E-state index contributed by atoms with van der Waals surface area (Å²) in [6, 6.07) is 0.979. The molecule has 1 rings (SSSR count). The van der Waals surface area contributed by atoms with Gasteiger partial charge in [-0.25, -0.2) is 9.97 Å². The van der Waals surface area contributed by atoms with Crippen LogP contribution in [0.15, 0.2) is 6.07 Å². The molecule has 0 radical (unpaired) electrons. The van der Waals surface area contributed by atoms with Crippen LogP contribution >= 0.6 is 11.6 Å². The molecular weight excluding hydrogens is 295 g/mol. The van der Waals surface area contributed by atoms with E-state index in [9.17, 15) is 13.2 Å². The standard InChI is InChI=1S/C12H17ClF3N3O/c1-11(2,3)7(4-5-20)17-9-6-8(13)18-10(19-9)12(14,15)16/h6-7,20H,4-5H2,1-3H3,(H,17,18,19). The van der Waals surface area contributed by atoms with Gasteiger partial charge in [-0.3, -0.25) is 0 Å². The van der Waals surface area contributed by atoms with Gasteiger partial charge in [0.25, 0.3) is 0 Å². The summed E-state index contributed by atoms with van der Waals surface area (Å²) in [6.45, 7) is 5.65. The Kier molecular flexibility index (Phi) is 5.21. The van der Waals surface area contributed by atoms with Gasteiger partial charge in [0.2, 0.25) is 5.82 Å². The zero-order chi connectivity index (χ0) is 15.6. The SMILES string of the molecule is CC(C)(C)C(CCO)Nc1cc(Cl)nc(C(F)(F)F)n1. The molecule has 0 aliphatic carbocycles. The number of anilines is 1. The van der Waals surface area contributed by atoms with Crippen molar-refractivity contribution >= 4 is 17.4 Å². The second kappa shape index (κ2) is 6.13. The molecule has 0 amide bonds. The minimum Gasteiger partial charge on any atom is -0.396 e. The van der Waals surface area contributed by atoms with E-state index in [0.29, 0.717) is 6.42 Å². The molecule has 8 heteroatoms. The van der Waals surface area contributed by atoms with E-state index in [1.54, 1.807) is 0 Å². The zero-order valence-corrected chi connectivity index (χ0v) is 12.2. The number of nitrogens with zero attached hydrogens (tertiary/aromatic N) is 2. The number of hydrogen-bond donors (Lipinski definition) is 2. The van der Waals surface area contributed by atoms with E-state index in [4.69, 9.17) is 16.7 Å². The predicted molar refractivity (Wildman–Crippen MR) is 70.6 cm³/mol. The molecule has 0 spiro atoms. The maximum absolute atomic E-state index is 12.6. The monoisotopic (exact) mass is 311 g/mol. The highest BCUT2D eigenvalue weighted by Gasteiger charge is 2.35. The third-order valence-corrected chi connectivity index (χ3v) is 2.93. The van der Waals surface area contributed by atoms with Gasteiger partial charge in [0.05, 0.1) is 0 Å². The topological polar surface area (TPSA) is 58.0 Å². The first-order chi connectivity index (χ1) is 9.04. The van der Waals surface area contributed by atoms with Crippen molar-refractivity contribution in [3.05, 3.63) is 17.0 Å². The van der Waals surface area contributed by atoms with Crippen LogP contribution in [0.4, 0.5) is 19.0 Å². The van der Waals surface area contributed by atoms with Gasteiger partial charge >= 0.3 is 6.18 Å². The van der Waals surface area contributed by atoms with Crippen LogP contribution in [0.25, 0.3) is 0 Å². The second-order valence-corrected chi connectivity index (χ2v) is 5.86. The molecule has 20 heavy (non-hydrogen) atoms. The Labute approximate surface area is 120 Å². The highest BCUT2D eigenvalue weighted by Crippen LogP contribution is 2.30. The van der Waals surface area contributed by atoms with Crippen LogP contribution < -0.4 is 5.32 Å². The molecule has 1 atom stereocenters. The van der Waals surface area contributed by atoms with E-state index in [1.807, 2.05) is 20.8 Å². The van der Waals surface area contributed by atoms with Crippen LogP contribution in [0.2, 0.25) is 5.15 Å². The average Bonchev–Trinajstić information content (AvgIpc) is 2.25. The summed E-state index contributed by atoms with van der Waals surface area (Å²) in [5.74, 6) is -1.30. The van der Waals surface area contributed by atoms with E-state index >= 15 is 0 Å². The summed E-state index contributed by atoms with van der Waals surface area (Å²) in [5, 5.41) is 11.6. The fourth-order valence-corrected chi connectivity index (χ4v) is 1.83. The van der Waals surface area contributed by atoms with Gasteiger partial charge in [-0.2, -0.15) is 13.2 Å². The Morgan fingerprint density at radius 1 is 1.30 bits per heavy atom. The lowest BCUT2D eigenvalue weighted by Crippen LogP contribution is -2.35. The molecule has 114 valence electrons. The van der Waals surface area contributed by atoms with Gasteiger partial charge in [0.1, 0.15) is 11.0 Å². The van der Waals surface area contributed by atoms with Crippen molar-refractivity contribution in [2.24, 2.45) is 5.41 Å². The number of alkyl halides is 3. The fraction of sp³-hybridized carbons (Fsp3) is 0.667. The summed E-state index contributed by atoms with van der Waals surface area (Å²) in [5.41, 5.74) is -0.265. The Morgan fingerprint density at radius 3 is 2.35 bits per heavy atom. The third-order valence-electron chi connectivity index (χ3n) is 2.73. The van der Waals surface area contributed by atoms with E-state index in [-0.39, 0.29) is 29.0 Å². The molecule has 1 aromatic heterocycles. The van der Waals surface area contributed by atoms with E-state index in [1.165, 1.54) is 6.07 Å². The van der Waals surface area contributed by atoms with Crippen LogP contribution in [0.1, 0.15) is 33.0 Å². The maximum Gasteiger partial charge on any atom is 0.451 e. The summed E-state index contributed by atoms with van der Waals surface area (Å²) < 4.78 is 37.8. The normalized spacial score (nSPS) is 14.2. The minimum atomic E-state index is -4.66. The van der Waals surface area contributed by atoms with E-state index < -0.39 is 12.0 Å². The van der Waals surface area contributed by atoms with Gasteiger partial charge in [0.15, 0.2) is 0 Å².